The van der Waals surface area contributed by atoms with Crippen LogP contribution in [0.25, 0.3) is 0 Å². The van der Waals surface area contributed by atoms with Crippen molar-refractivity contribution in [2.75, 3.05) is 26.7 Å². The normalized spacial score (nSPS) is 18.6. The fraction of sp³-hybridized carbons (Fsp3) is 0.500. The molecule has 1 aromatic heterocycles. The van der Waals surface area contributed by atoms with Crippen LogP contribution < -0.4 is 0 Å². The van der Waals surface area contributed by atoms with Gasteiger partial charge in [-0.2, -0.15) is 0 Å². The van der Waals surface area contributed by atoms with Gasteiger partial charge in [-0.3, -0.25) is 14.7 Å². The Hall–Kier alpha value is -1.42. The lowest BCUT2D eigenvalue weighted by Gasteiger charge is -2.18. The molecular formula is C12H17N3O. The summed E-state index contributed by atoms with van der Waals surface area (Å²) in [5, 5.41) is 0. The molecule has 2 rings (SSSR count). The van der Waals surface area contributed by atoms with Crippen molar-refractivity contribution < 1.29 is 4.79 Å². The molecule has 0 spiro atoms. The monoisotopic (exact) mass is 219 g/mol. The van der Waals surface area contributed by atoms with Crippen LogP contribution in [0.5, 0.6) is 0 Å². The van der Waals surface area contributed by atoms with Gasteiger partial charge in [-0.1, -0.05) is 6.07 Å². The van der Waals surface area contributed by atoms with Crippen LogP contribution >= 0.6 is 0 Å². The smallest absolute Gasteiger partial charge is 0.236 e. The van der Waals surface area contributed by atoms with Gasteiger partial charge in [-0.15, -0.1) is 0 Å². The number of rotatable bonds is 2. The molecule has 1 aliphatic rings. The summed E-state index contributed by atoms with van der Waals surface area (Å²) in [6, 6.07) is 5.89. The molecule has 0 radical (unpaired) electrons. The van der Waals surface area contributed by atoms with Gasteiger partial charge in [-0.25, -0.2) is 0 Å². The number of pyridine rings is 1. The minimum absolute atomic E-state index is 0.202. The molecule has 0 saturated carbocycles. The van der Waals surface area contributed by atoms with Crippen LogP contribution in [-0.4, -0.2) is 47.4 Å². The number of amides is 1. The number of aromatic nitrogens is 1. The summed E-state index contributed by atoms with van der Waals surface area (Å²) in [7, 11) is 1.87. The molecule has 1 fully saturated rings. The van der Waals surface area contributed by atoms with E-state index in [1.807, 2.05) is 25.2 Å². The van der Waals surface area contributed by atoms with Gasteiger partial charge in [0.1, 0.15) is 0 Å². The molecule has 0 bridgehead atoms. The minimum atomic E-state index is 0.202. The van der Waals surface area contributed by atoms with Crippen LogP contribution in [0.3, 0.4) is 0 Å². The van der Waals surface area contributed by atoms with Gasteiger partial charge in [0, 0.05) is 32.9 Å². The van der Waals surface area contributed by atoms with Crippen LogP contribution in [0.2, 0.25) is 0 Å². The number of nitrogens with zero attached hydrogens (tertiary/aromatic N) is 3. The van der Waals surface area contributed by atoms with Crippen molar-refractivity contribution in [3.05, 3.63) is 30.1 Å². The lowest BCUT2D eigenvalue weighted by molar-refractivity contribution is -0.130. The molecule has 0 aliphatic carbocycles. The van der Waals surface area contributed by atoms with E-state index in [2.05, 4.69) is 9.88 Å². The molecule has 0 aromatic carbocycles. The second-order valence-corrected chi connectivity index (χ2v) is 4.20. The van der Waals surface area contributed by atoms with E-state index in [9.17, 15) is 4.79 Å². The first-order valence-electron chi connectivity index (χ1n) is 5.62. The fourth-order valence-electron chi connectivity index (χ4n) is 1.90. The van der Waals surface area contributed by atoms with E-state index < -0.39 is 0 Å². The Morgan fingerprint density at radius 3 is 3.00 bits per heavy atom. The first kappa shape index (κ1) is 11.1. The van der Waals surface area contributed by atoms with Gasteiger partial charge in [0.15, 0.2) is 0 Å². The number of carbonyl (C=O) groups is 1. The Morgan fingerprint density at radius 2 is 2.25 bits per heavy atom. The van der Waals surface area contributed by atoms with Crippen LogP contribution in [-0.2, 0) is 11.3 Å². The molecule has 1 saturated heterocycles. The summed E-state index contributed by atoms with van der Waals surface area (Å²) in [4.78, 5) is 19.9. The van der Waals surface area contributed by atoms with Crippen LogP contribution in [0.15, 0.2) is 24.4 Å². The average molecular weight is 219 g/mol. The first-order valence-corrected chi connectivity index (χ1v) is 5.62. The molecule has 4 heteroatoms. The van der Waals surface area contributed by atoms with E-state index in [1.165, 1.54) is 0 Å². The number of likely N-dealkylation sites (N-methyl/N-ethyl adjacent to an activating group) is 1. The summed E-state index contributed by atoms with van der Waals surface area (Å²) >= 11 is 0. The lowest BCUT2D eigenvalue weighted by Crippen LogP contribution is -2.34. The lowest BCUT2D eigenvalue weighted by atomic mass is 10.3. The highest BCUT2D eigenvalue weighted by Gasteiger charge is 2.18. The van der Waals surface area contributed by atoms with Crippen LogP contribution in [0, 0.1) is 0 Å². The molecule has 0 atom stereocenters. The summed E-state index contributed by atoms with van der Waals surface area (Å²) in [6.07, 6.45) is 2.83. The molecule has 1 aromatic rings. The third-order valence-corrected chi connectivity index (χ3v) is 2.86. The highest BCUT2D eigenvalue weighted by molar-refractivity contribution is 5.78. The Morgan fingerprint density at radius 1 is 1.38 bits per heavy atom. The van der Waals surface area contributed by atoms with E-state index in [1.54, 1.807) is 11.1 Å². The van der Waals surface area contributed by atoms with Gasteiger partial charge in [0.05, 0.1) is 12.2 Å². The first-order chi connectivity index (χ1) is 7.75. The highest BCUT2D eigenvalue weighted by Crippen LogP contribution is 2.06. The van der Waals surface area contributed by atoms with Crippen molar-refractivity contribution in [3.8, 4) is 0 Å². The fourth-order valence-corrected chi connectivity index (χ4v) is 1.90. The molecule has 0 unspecified atom stereocenters. The maximum Gasteiger partial charge on any atom is 0.236 e. The van der Waals surface area contributed by atoms with Crippen molar-refractivity contribution in [3.63, 3.8) is 0 Å². The van der Waals surface area contributed by atoms with E-state index in [4.69, 9.17) is 0 Å². The van der Waals surface area contributed by atoms with Crippen LogP contribution in [0.4, 0.5) is 0 Å². The third kappa shape index (κ3) is 2.79. The van der Waals surface area contributed by atoms with E-state index in [0.29, 0.717) is 6.54 Å². The average Bonchev–Trinajstić information content (AvgIpc) is 2.43. The number of hydrogen-bond donors (Lipinski definition) is 0. The zero-order valence-corrected chi connectivity index (χ0v) is 9.59. The van der Waals surface area contributed by atoms with E-state index in [-0.39, 0.29) is 5.91 Å². The topological polar surface area (TPSA) is 36.4 Å². The second-order valence-electron chi connectivity index (χ2n) is 4.20. The Labute approximate surface area is 95.9 Å². The van der Waals surface area contributed by atoms with Gasteiger partial charge < -0.3 is 4.90 Å². The largest absolute Gasteiger partial charge is 0.345 e. The third-order valence-electron chi connectivity index (χ3n) is 2.86. The van der Waals surface area contributed by atoms with Crippen molar-refractivity contribution in [1.82, 2.24) is 14.8 Å². The summed E-state index contributed by atoms with van der Waals surface area (Å²) in [6.45, 7) is 3.09. The quantitative estimate of drug-likeness (QED) is 0.736. The molecule has 4 nitrogen and oxygen atoms in total. The SMILES string of the molecule is CN1CCCN(Cc2ccccn2)CC1=O. The Kier molecular flexibility index (Phi) is 3.51. The molecule has 2 heterocycles. The van der Waals surface area contributed by atoms with Crippen molar-refractivity contribution in [2.45, 2.75) is 13.0 Å². The summed E-state index contributed by atoms with van der Waals surface area (Å²) in [5.74, 6) is 0.202. The molecule has 1 amide bonds. The standard InChI is InChI=1S/C12H17N3O/c1-14-7-4-8-15(10-12(14)16)9-11-5-2-3-6-13-11/h2-3,5-6H,4,7-10H2,1H3. The molecular weight excluding hydrogens is 202 g/mol. The molecule has 0 N–H and O–H groups in total. The second kappa shape index (κ2) is 5.07. The van der Waals surface area contributed by atoms with Gasteiger partial charge in [0.2, 0.25) is 5.91 Å². The van der Waals surface area contributed by atoms with Crippen LogP contribution in [0.1, 0.15) is 12.1 Å². The van der Waals surface area contributed by atoms with E-state index in [0.717, 1.165) is 31.7 Å². The zero-order valence-electron chi connectivity index (χ0n) is 9.59. The summed E-state index contributed by atoms with van der Waals surface area (Å²) in [5.41, 5.74) is 1.03. The number of hydrogen-bond acceptors (Lipinski definition) is 3. The highest BCUT2D eigenvalue weighted by atomic mass is 16.2. The van der Waals surface area contributed by atoms with Gasteiger partial charge in [0.25, 0.3) is 0 Å². The minimum Gasteiger partial charge on any atom is -0.345 e. The Bertz CT molecular complexity index is 353. The van der Waals surface area contributed by atoms with Gasteiger partial charge in [-0.05, 0) is 18.6 Å². The summed E-state index contributed by atoms with van der Waals surface area (Å²) < 4.78 is 0. The maximum atomic E-state index is 11.7. The predicted octanol–water partition coefficient (Wildman–Crippen LogP) is 0.746. The van der Waals surface area contributed by atoms with Crippen molar-refractivity contribution in [2.24, 2.45) is 0 Å². The maximum absolute atomic E-state index is 11.7. The molecule has 86 valence electrons. The predicted molar refractivity (Wildman–Crippen MR) is 61.8 cm³/mol. The van der Waals surface area contributed by atoms with Crippen molar-refractivity contribution >= 4 is 5.91 Å². The molecule has 1 aliphatic heterocycles. The Balaban J connectivity index is 1.97. The molecule has 16 heavy (non-hydrogen) atoms. The number of carbonyl (C=O) groups excluding carboxylic acids is 1. The van der Waals surface area contributed by atoms with Crippen molar-refractivity contribution in [1.29, 1.82) is 0 Å². The van der Waals surface area contributed by atoms with Gasteiger partial charge >= 0.3 is 0 Å². The van der Waals surface area contributed by atoms with E-state index >= 15 is 0 Å². The zero-order chi connectivity index (χ0) is 11.4.